The first-order valence-electron chi connectivity index (χ1n) is 12.0. The van der Waals surface area contributed by atoms with Crippen LogP contribution in [0.3, 0.4) is 0 Å². The molecule has 1 aliphatic carbocycles. The number of aliphatic hydroxyl groups is 1. The lowest BCUT2D eigenvalue weighted by Crippen LogP contribution is -2.38. The predicted octanol–water partition coefficient (Wildman–Crippen LogP) is 3.50. The van der Waals surface area contributed by atoms with Crippen molar-refractivity contribution in [3.05, 3.63) is 48.0 Å². The number of nitrogens with zero attached hydrogens (tertiary/aromatic N) is 6. The highest BCUT2D eigenvalue weighted by atomic mass is 16.3. The summed E-state index contributed by atoms with van der Waals surface area (Å²) < 4.78 is 2.35. The van der Waals surface area contributed by atoms with Crippen molar-refractivity contribution < 1.29 is 9.90 Å². The summed E-state index contributed by atoms with van der Waals surface area (Å²) in [6.07, 6.45) is 12.4. The third-order valence-electron chi connectivity index (χ3n) is 7.07. The second-order valence-corrected chi connectivity index (χ2v) is 9.14. The number of rotatable bonds is 4. The molecule has 4 aromatic heterocycles. The highest BCUT2D eigenvalue weighted by molar-refractivity contribution is 6.06. The molecule has 0 unspecified atom stereocenters. The van der Waals surface area contributed by atoms with Crippen LogP contribution in [0, 0.1) is 0 Å². The van der Waals surface area contributed by atoms with Crippen LogP contribution >= 0.6 is 0 Å². The second-order valence-electron chi connectivity index (χ2n) is 9.14. The van der Waals surface area contributed by atoms with Gasteiger partial charge in [0.05, 0.1) is 24.0 Å². The number of hydrogen-bond acceptors (Lipinski definition) is 7. The first-order chi connectivity index (χ1) is 16.7. The fraction of sp³-hybridized carbons (Fsp3) is 0.400. The summed E-state index contributed by atoms with van der Waals surface area (Å²) in [5.41, 5.74) is 3.98. The molecule has 0 bridgehead atoms. The highest BCUT2D eigenvalue weighted by Crippen LogP contribution is 2.36. The number of amides is 1. The van der Waals surface area contributed by atoms with E-state index in [2.05, 4.69) is 19.9 Å². The molecule has 5 heterocycles. The van der Waals surface area contributed by atoms with Crippen molar-refractivity contribution in [1.82, 2.24) is 29.4 Å². The summed E-state index contributed by atoms with van der Waals surface area (Å²) in [7, 11) is 0. The van der Waals surface area contributed by atoms with E-state index in [1.165, 1.54) is 19.3 Å². The molecule has 174 valence electrons. The number of fused-ring (bicyclic) bond motifs is 4. The van der Waals surface area contributed by atoms with Gasteiger partial charge >= 0.3 is 0 Å². The second kappa shape index (κ2) is 8.64. The van der Waals surface area contributed by atoms with E-state index in [0.29, 0.717) is 30.9 Å². The van der Waals surface area contributed by atoms with Crippen LogP contribution in [0.5, 0.6) is 0 Å². The molecular weight excluding hydrogens is 430 g/mol. The molecule has 1 fully saturated rings. The summed E-state index contributed by atoms with van der Waals surface area (Å²) in [6, 6.07) is 6.42. The van der Waals surface area contributed by atoms with Crippen LogP contribution in [0.2, 0.25) is 0 Å². The van der Waals surface area contributed by atoms with Crippen molar-refractivity contribution in [2.24, 2.45) is 0 Å². The summed E-state index contributed by atoms with van der Waals surface area (Å²) in [5.74, 6) is 0.856. The lowest BCUT2D eigenvalue weighted by Gasteiger charge is -2.27. The van der Waals surface area contributed by atoms with E-state index >= 15 is 0 Å². The summed E-state index contributed by atoms with van der Waals surface area (Å²) in [6.45, 7) is 0.514. The lowest BCUT2D eigenvalue weighted by molar-refractivity contribution is -0.135. The molecule has 9 heteroatoms. The molecule has 0 spiro atoms. The molecular formula is C25H27N7O2. The number of carbonyl (C=O) groups excluding carboxylic acids is 1. The molecule has 1 saturated carbocycles. The zero-order valence-corrected chi connectivity index (χ0v) is 18.9. The van der Waals surface area contributed by atoms with Gasteiger partial charge in [-0.25, -0.2) is 9.97 Å². The minimum Gasteiger partial charge on any atom is -0.387 e. The van der Waals surface area contributed by atoms with Crippen molar-refractivity contribution in [2.75, 3.05) is 18.5 Å². The van der Waals surface area contributed by atoms with E-state index < -0.39 is 6.61 Å². The van der Waals surface area contributed by atoms with Crippen molar-refractivity contribution in [2.45, 2.75) is 51.1 Å². The van der Waals surface area contributed by atoms with Gasteiger partial charge in [0.15, 0.2) is 0 Å². The SMILES string of the molecule is O=C(CO)N1CCc2ccc(Nc3ncc4c5ccncc5n(C5CCCCC5)c4n3)nc2C1. The largest absolute Gasteiger partial charge is 0.387 e. The minimum atomic E-state index is -0.481. The van der Waals surface area contributed by atoms with Crippen LogP contribution in [-0.4, -0.2) is 53.6 Å². The van der Waals surface area contributed by atoms with Crippen LogP contribution in [0.4, 0.5) is 11.8 Å². The fourth-order valence-electron chi connectivity index (χ4n) is 5.34. The molecule has 6 rings (SSSR count). The third kappa shape index (κ3) is 3.66. The quantitative estimate of drug-likeness (QED) is 0.483. The van der Waals surface area contributed by atoms with Gasteiger partial charge in [-0.15, -0.1) is 0 Å². The minimum absolute atomic E-state index is 0.273. The van der Waals surface area contributed by atoms with Crippen LogP contribution in [0.25, 0.3) is 21.9 Å². The molecule has 1 aliphatic heterocycles. The van der Waals surface area contributed by atoms with Crippen molar-refractivity contribution in [3.63, 3.8) is 0 Å². The molecule has 1 amide bonds. The van der Waals surface area contributed by atoms with E-state index in [0.717, 1.165) is 52.5 Å². The molecule has 0 saturated heterocycles. The Bertz CT molecular complexity index is 1380. The number of pyridine rings is 2. The Labute approximate surface area is 196 Å². The van der Waals surface area contributed by atoms with E-state index in [1.54, 1.807) is 4.90 Å². The van der Waals surface area contributed by atoms with Gasteiger partial charge in [0.1, 0.15) is 18.1 Å². The van der Waals surface area contributed by atoms with E-state index in [9.17, 15) is 9.90 Å². The predicted molar refractivity (Wildman–Crippen MR) is 129 cm³/mol. The normalized spacial score (nSPS) is 16.7. The topological polar surface area (TPSA) is 109 Å². The fourth-order valence-corrected chi connectivity index (χ4v) is 5.34. The van der Waals surface area contributed by atoms with E-state index in [1.807, 2.05) is 36.8 Å². The Hall–Kier alpha value is -3.59. The van der Waals surface area contributed by atoms with Gasteiger partial charge in [-0.2, -0.15) is 4.98 Å². The summed E-state index contributed by atoms with van der Waals surface area (Å²) >= 11 is 0. The standard InChI is InChI=1S/C25H27N7O2/c33-15-23(34)31-11-9-16-6-7-22(28-20(16)14-31)29-25-27-12-19-18-8-10-26-13-21(18)32(24(19)30-25)17-4-2-1-3-5-17/h6-8,10,12-13,17,33H,1-5,9,11,14-15H2,(H,27,28,29,30). The Morgan fingerprint density at radius 1 is 1.09 bits per heavy atom. The Balaban J connectivity index is 1.35. The monoisotopic (exact) mass is 457 g/mol. The zero-order valence-electron chi connectivity index (χ0n) is 18.9. The van der Waals surface area contributed by atoms with Gasteiger partial charge < -0.3 is 19.9 Å². The molecule has 4 aromatic rings. The van der Waals surface area contributed by atoms with Gasteiger partial charge in [-0.3, -0.25) is 9.78 Å². The maximum atomic E-state index is 11.9. The van der Waals surface area contributed by atoms with Gasteiger partial charge in [-0.1, -0.05) is 25.3 Å². The van der Waals surface area contributed by atoms with Gasteiger partial charge in [0.2, 0.25) is 11.9 Å². The third-order valence-corrected chi connectivity index (χ3v) is 7.07. The Kier molecular flexibility index (Phi) is 5.33. The molecule has 0 radical (unpaired) electrons. The van der Waals surface area contributed by atoms with Crippen LogP contribution in [0.15, 0.2) is 36.8 Å². The molecule has 2 aliphatic rings. The van der Waals surface area contributed by atoms with Crippen LogP contribution < -0.4 is 5.32 Å². The summed E-state index contributed by atoms with van der Waals surface area (Å²) in [4.78, 5) is 32.2. The van der Waals surface area contributed by atoms with Crippen molar-refractivity contribution in [3.8, 4) is 0 Å². The van der Waals surface area contributed by atoms with Gasteiger partial charge in [0.25, 0.3) is 0 Å². The molecule has 9 nitrogen and oxygen atoms in total. The van der Waals surface area contributed by atoms with Crippen molar-refractivity contribution in [1.29, 1.82) is 0 Å². The average Bonchev–Trinajstić information content (AvgIpc) is 3.22. The molecule has 2 N–H and O–H groups in total. The Morgan fingerprint density at radius 3 is 2.82 bits per heavy atom. The first kappa shape index (κ1) is 21.0. The van der Waals surface area contributed by atoms with Crippen molar-refractivity contribution >= 4 is 39.6 Å². The number of hydrogen-bond donors (Lipinski definition) is 2. The van der Waals surface area contributed by atoms with E-state index in [4.69, 9.17) is 9.97 Å². The summed E-state index contributed by atoms with van der Waals surface area (Å²) in [5, 5.41) is 14.6. The highest BCUT2D eigenvalue weighted by Gasteiger charge is 2.23. The number of anilines is 2. The van der Waals surface area contributed by atoms with E-state index in [-0.39, 0.29) is 5.91 Å². The smallest absolute Gasteiger partial charge is 0.248 e. The van der Waals surface area contributed by atoms with Gasteiger partial charge in [-0.05, 0) is 37.0 Å². The maximum absolute atomic E-state index is 11.9. The number of nitrogens with one attached hydrogen (secondary N) is 1. The van der Waals surface area contributed by atoms with Crippen LogP contribution in [-0.2, 0) is 17.8 Å². The first-order valence-corrected chi connectivity index (χ1v) is 12.0. The van der Waals surface area contributed by atoms with Crippen LogP contribution in [0.1, 0.15) is 49.4 Å². The molecule has 34 heavy (non-hydrogen) atoms. The number of aromatic nitrogens is 5. The zero-order chi connectivity index (χ0) is 23.1. The Morgan fingerprint density at radius 2 is 1.97 bits per heavy atom. The molecule has 0 atom stereocenters. The molecule has 0 aromatic carbocycles. The van der Waals surface area contributed by atoms with Gasteiger partial charge in [0, 0.05) is 35.8 Å². The average molecular weight is 458 g/mol. The number of aliphatic hydroxyl groups excluding tert-OH is 1. The number of carbonyl (C=O) groups is 1. The lowest BCUT2D eigenvalue weighted by atomic mass is 9.95. The maximum Gasteiger partial charge on any atom is 0.248 e.